The van der Waals surface area contributed by atoms with Crippen LogP contribution in [0, 0.1) is 0 Å². The molecule has 0 radical (unpaired) electrons. The fourth-order valence-electron chi connectivity index (χ4n) is 2.30. The van der Waals surface area contributed by atoms with E-state index in [4.69, 9.17) is 10.6 Å². The van der Waals surface area contributed by atoms with Crippen LogP contribution in [0.15, 0.2) is 12.3 Å². The zero-order valence-electron chi connectivity index (χ0n) is 9.94. The Labute approximate surface area is 95.9 Å². The van der Waals surface area contributed by atoms with Crippen molar-refractivity contribution < 1.29 is 4.74 Å². The van der Waals surface area contributed by atoms with Crippen LogP contribution in [0.4, 0.5) is 0 Å². The molecule has 0 aromatic carbocycles. The van der Waals surface area contributed by atoms with Gasteiger partial charge >= 0.3 is 0 Å². The van der Waals surface area contributed by atoms with Gasteiger partial charge in [-0.15, -0.1) is 0 Å². The summed E-state index contributed by atoms with van der Waals surface area (Å²) in [6.45, 7) is 0. The van der Waals surface area contributed by atoms with E-state index in [0.29, 0.717) is 0 Å². The number of aromatic nitrogens is 2. The maximum absolute atomic E-state index is 5.60. The van der Waals surface area contributed by atoms with Gasteiger partial charge in [0.1, 0.15) is 0 Å². The van der Waals surface area contributed by atoms with Gasteiger partial charge in [-0.3, -0.25) is 16.0 Å². The first kappa shape index (κ1) is 11.6. The van der Waals surface area contributed by atoms with Gasteiger partial charge in [0.2, 0.25) is 0 Å². The fourth-order valence-corrected chi connectivity index (χ4v) is 2.30. The zero-order valence-corrected chi connectivity index (χ0v) is 9.94. The van der Waals surface area contributed by atoms with Crippen LogP contribution in [0.3, 0.4) is 0 Å². The summed E-state index contributed by atoms with van der Waals surface area (Å²) in [7, 11) is 3.69. The number of hydrogen-bond acceptors (Lipinski definition) is 4. The lowest BCUT2D eigenvalue weighted by atomic mass is 9.75. The molecule has 1 aliphatic rings. The van der Waals surface area contributed by atoms with E-state index in [1.54, 1.807) is 11.8 Å². The van der Waals surface area contributed by atoms with Crippen molar-refractivity contribution in [3.63, 3.8) is 0 Å². The summed E-state index contributed by atoms with van der Waals surface area (Å²) in [5.41, 5.74) is 3.82. The van der Waals surface area contributed by atoms with E-state index in [0.717, 1.165) is 25.0 Å². The highest BCUT2D eigenvalue weighted by Gasteiger charge is 2.39. The average molecular weight is 224 g/mol. The second-order valence-corrected chi connectivity index (χ2v) is 4.58. The lowest BCUT2D eigenvalue weighted by Gasteiger charge is -2.42. The molecule has 0 amide bonds. The van der Waals surface area contributed by atoms with Crippen molar-refractivity contribution in [2.45, 2.75) is 37.3 Å². The SMILES string of the molecule is COC1(CC(NN)c2ccn(C)n2)CCC1. The van der Waals surface area contributed by atoms with E-state index in [1.807, 2.05) is 19.3 Å². The second-order valence-electron chi connectivity index (χ2n) is 4.58. The first-order chi connectivity index (χ1) is 7.69. The van der Waals surface area contributed by atoms with E-state index in [-0.39, 0.29) is 11.6 Å². The smallest absolute Gasteiger partial charge is 0.0808 e. The van der Waals surface area contributed by atoms with Crippen LogP contribution in [-0.2, 0) is 11.8 Å². The number of ether oxygens (including phenoxy) is 1. The topological polar surface area (TPSA) is 65.1 Å². The van der Waals surface area contributed by atoms with Crippen LogP contribution >= 0.6 is 0 Å². The Kier molecular flexibility index (Phi) is 3.28. The molecule has 0 bridgehead atoms. The van der Waals surface area contributed by atoms with Gasteiger partial charge < -0.3 is 4.74 Å². The maximum Gasteiger partial charge on any atom is 0.0808 e. The number of nitrogens with one attached hydrogen (secondary N) is 1. The molecule has 5 heteroatoms. The quantitative estimate of drug-likeness (QED) is 0.575. The van der Waals surface area contributed by atoms with Gasteiger partial charge in [-0.2, -0.15) is 5.10 Å². The number of hydrogen-bond donors (Lipinski definition) is 2. The molecule has 1 aromatic rings. The van der Waals surface area contributed by atoms with Gasteiger partial charge in [0.05, 0.1) is 17.3 Å². The normalized spacial score (nSPS) is 20.4. The minimum Gasteiger partial charge on any atom is -0.378 e. The second kappa shape index (κ2) is 4.53. The van der Waals surface area contributed by atoms with Crippen LogP contribution in [-0.4, -0.2) is 22.5 Å². The Balaban J connectivity index is 2.05. The van der Waals surface area contributed by atoms with Gasteiger partial charge in [-0.25, -0.2) is 0 Å². The van der Waals surface area contributed by atoms with Gasteiger partial charge in [-0.05, 0) is 31.7 Å². The van der Waals surface area contributed by atoms with E-state index in [9.17, 15) is 0 Å². The number of rotatable bonds is 5. The largest absolute Gasteiger partial charge is 0.378 e. The third-order valence-corrected chi connectivity index (χ3v) is 3.57. The van der Waals surface area contributed by atoms with Gasteiger partial charge in [0.15, 0.2) is 0 Å². The Morgan fingerprint density at radius 1 is 1.69 bits per heavy atom. The highest BCUT2D eigenvalue weighted by Crippen LogP contribution is 2.41. The monoisotopic (exact) mass is 224 g/mol. The molecule has 0 spiro atoms. The van der Waals surface area contributed by atoms with Crippen LogP contribution in [0.5, 0.6) is 0 Å². The Morgan fingerprint density at radius 3 is 2.81 bits per heavy atom. The summed E-state index contributed by atoms with van der Waals surface area (Å²) in [6.07, 6.45) is 6.30. The maximum atomic E-state index is 5.60. The number of aryl methyl sites for hydroxylation is 1. The van der Waals surface area contributed by atoms with E-state index in [2.05, 4.69) is 10.5 Å². The Hall–Kier alpha value is -0.910. The Bertz CT molecular complexity index is 340. The van der Waals surface area contributed by atoms with Gasteiger partial charge in [0, 0.05) is 20.4 Å². The molecule has 1 aromatic heterocycles. The van der Waals surface area contributed by atoms with Crippen LogP contribution in [0.2, 0.25) is 0 Å². The summed E-state index contributed by atoms with van der Waals surface area (Å²) < 4.78 is 7.40. The van der Waals surface area contributed by atoms with Crippen molar-refractivity contribution >= 4 is 0 Å². The number of methoxy groups -OCH3 is 1. The molecule has 1 fully saturated rings. The van der Waals surface area contributed by atoms with Crippen molar-refractivity contribution in [3.8, 4) is 0 Å². The first-order valence-electron chi connectivity index (χ1n) is 5.70. The first-order valence-corrected chi connectivity index (χ1v) is 5.70. The number of hydrazine groups is 1. The van der Waals surface area contributed by atoms with Crippen molar-refractivity contribution in [2.75, 3.05) is 7.11 Å². The highest BCUT2D eigenvalue weighted by atomic mass is 16.5. The molecule has 0 aliphatic heterocycles. The van der Waals surface area contributed by atoms with Gasteiger partial charge in [0.25, 0.3) is 0 Å². The summed E-state index contributed by atoms with van der Waals surface area (Å²) >= 11 is 0. The molecule has 1 aliphatic carbocycles. The molecule has 90 valence electrons. The molecule has 3 N–H and O–H groups in total. The van der Waals surface area contributed by atoms with Crippen molar-refractivity contribution in [1.82, 2.24) is 15.2 Å². The van der Waals surface area contributed by atoms with Crippen molar-refractivity contribution in [3.05, 3.63) is 18.0 Å². The zero-order chi connectivity index (χ0) is 11.6. The van der Waals surface area contributed by atoms with Gasteiger partial charge in [-0.1, -0.05) is 0 Å². The average Bonchev–Trinajstić information content (AvgIpc) is 2.65. The third kappa shape index (κ3) is 2.11. The molecule has 2 rings (SSSR count). The number of nitrogens with zero attached hydrogens (tertiary/aromatic N) is 2. The van der Waals surface area contributed by atoms with Crippen molar-refractivity contribution in [2.24, 2.45) is 12.9 Å². The predicted octanol–water partition coefficient (Wildman–Crippen LogP) is 0.884. The van der Waals surface area contributed by atoms with Crippen LogP contribution in [0.25, 0.3) is 0 Å². The molecule has 1 heterocycles. The molecular formula is C11H20N4O. The van der Waals surface area contributed by atoms with E-state index in [1.165, 1.54) is 6.42 Å². The minimum atomic E-state index is 0.00849. The molecule has 16 heavy (non-hydrogen) atoms. The van der Waals surface area contributed by atoms with Crippen LogP contribution < -0.4 is 11.3 Å². The summed E-state index contributed by atoms with van der Waals surface area (Å²) in [6, 6.07) is 2.06. The van der Waals surface area contributed by atoms with Crippen molar-refractivity contribution in [1.29, 1.82) is 0 Å². The van der Waals surface area contributed by atoms with E-state index < -0.39 is 0 Å². The highest BCUT2D eigenvalue weighted by molar-refractivity contribution is 5.08. The molecule has 1 saturated carbocycles. The molecular weight excluding hydrogens is 204 g/mol. The molecule has 5 nitrogen and oxygen atoms in total. The summed E-state index contributed by atoms with van der Waals surface area (Å²) in [4.78, 5) is 0. The number of nitrogens with two attached hydrogens (primary N) is 1. The van der Waals surface area contributed by atoms with E-state index >= 15 is 0 Å². The summed E-state index contributed by atoms with van der Waals surface area (Å²) in [5.74, 6) is 5.60. The minimum absolute atomic E-state index is 0.00849. The van der Waals surface area contributed by atoms with Crippen LogP contribution in [0.1, 0.15) is 37.4 Å². The summed E-state index contributed by atoms with van der Waals surface area (Å²) in [5, 5.41) is 4.38. The lowest BCUT2D eigenvalue weighted by molar-refractivity contribution is -0.0841. The standard InChI is InChI=1S/C11H20N4O/c1-15-7-4-9(14-15)10(13-12)8-11(16-2)5-3-6-11/h4,7,10,13H,3,5-6,8,12H2,1-2H3. The molecule has 1 unspecified atom stereocenters. The molecule has 1 atom stereocenters. The third-order valence-electron chi connectivity index (χ3n) is 3.57. The Morgan fingerprint density at radius 2 is 2.44 bits per heavy atom. The lowest BCUT2D eigenvalue weighted by Crippen LogP contribution is -2.44. The predicted molar refractivity (Wildman–Crippen MR) is 61.5 cm³/mol. The molecule has 0 saturated heterocycles. The fraction of sp³-hybridized carbons (Fsp3) is 0.727.